The number of sulfonamides is 1. The van der Waals surface area contributed by atoms with Crippen molar-refractivity contribution in [1.82, 2.24) is 5.32 Å². The quantitative estimate of drug-likeness (QED) is 0.372. The molecule has 0 unspecified atom stereocenters. The zero-order valence-corrected chi connectivity index (χ0v) is 18.4. The van der Waals surface area contributed by atoms with E-state index in [-0.39, 0.29) is 21.6 Å². The Hall–Kier alpha value is -2.65. The minimum atomic E-state index is -4.26. The summed E-state index contributed by atoms with van der Waals surface area (Å²) >= 11 is 5.83. The summed E-state index contributed by atoms with van der Waals surface area (Å²) in [7, 11) is -4.26. The van der Waals surface area contributed by atoms with Gasteiger partial charge in [0.25, 0.3) is 15.7 Å². The predicted molar refractivity (Wildman–Crippen MR) is 119 cm³/mol. The second kappa shape index (κ2) is 10.1. The van der Waals surface area contributed by atoms with Crippen LogP contribution in [0.1, 0.15) is 38.5 Å². The minimum absolute atomic E-state index is 0.0203. The maximum Gasteiger partial charge on any atom is 0.289 e. The van der Waals surface area contributed by atoms with Crippen LogP contribution in [0.3, 0.4) is 0 Å². The molecule has 2 aromatic carbocycles. The van der Waals surface area contributed by atoms with Crippen molar-refractivity contribution in [2.75, 3.05) is 10.8 Å². The van der Waals surface area contributed by atoms with Gasteiger partial charge >= 0.3 is 0 Å². The van der Waals surface area contributed by atoms with Crippen molar-refractivity contribution in [3.05, 3.63) is 63.7 Å². The van der Waals surface area contributed by atoms with E-state index >= 15 is 0 Å². The molecule has 1 saturated carbocycles. The lowest BCUT2D eigenvalue weighted by Gasteiger charge is -2.25. The van der Waals surface area contributed by atoms with Gasteiger partial charge in [-0.2, -0.15) is 0 Å². The van der Waals surface area contributed by atoms with Crippen LogP contribution in [0.25, 0.3) is 0 Å². The fourth-order valence-corrected chi connectivity index (χ4v) is 5.28. The lowest BCUT2D eigenvalue weighted by molar-refractivity contribution is -0.384. The molecule has 10 heteroatoms. The van der Waals surface area contributed by atoms with Gasteiger partial charge in [0.2, 0.25) is 5.91 Å². The van der Waals surface area contributed by atoms with Crippen LogP contribution in [0, 0.1) is 10.1 Å². The zero-order chi connectivity index (χ0) is 22.4. The Morgan fingerprint density at radius 1 is 1.10 bits per heavy atom. The molecule has 0 aliphatic heterocycles. The van der Waals surface area contributed by atoms with Crippen LogP contribution in [0.2, 0.25) is 5.02 Å². The highest BCUT2D eigenvalue weighted by atomic mass is 35.5. The molecule has 8 nitrogen and oxygen atoms in total. The average Bonchev–Trinajstić information content (AvgIpc) is 3.01. The zero-order valence-electron chi connectivity index (χ0n) is 16.9. The van der Waals surface area contributed by atoms with Gasteiger partial charge in [-0.05, 0) is 37.1 Å². The summed E-state index contributed by atoms with van der Waals surface area (Å²) in [5, 5.41) is 14.0. The van der Waals surface area contributed by atoms with Gasteiger partial charge in [-0.15, -0.1) is 0 Å². The third-order valence-corrected chi connectivity index (χ3v) is 7.34. The Bertz CT molecular complexity index is 1040. The van der Waals surface area contributed by atoms with E-state index in [0.717, 1.165) is 48.9 Å². The van der Waals surface area contributed by atoms with Crippen LogP contribution in [0.5, 0.6) is 0 Å². The van der Waals surface area contributed by atoms with E-state index in [0.29, 0.717) is 0 Å². The maximum absolute atomic E-state index is 13.4. The van der Waals surface area contributed by atoms with Crippen molar-refractivity contribution in [2.45, 2.75) is 49.5 Å². The van der Waals surface area contributed by atoms with E-state index < -0.39 is 33.1 Å². The van der Waals surface area contributed by atoms with Gasteiger partial charge in [0.1, 0.15) is 11.6 Å². The SMILES string of the molecule is O=C(CN(c1ccccc1)S(=O)(=O)c1ccc(Cl)c([N+](=O)[O-])c1)NC1CCCCCC1. The third kappa shape index (κ3) is 5.74. The number of hydrogen-bond acceptors (Lipinski definition) is 5. The number of carbonyl (C=O) groups excluding carboxylic acids is 1. The number of hydrogen-bond donors (Lipinski definition) is 1. The van der Waals surface area contributed by atoms with Crippen molar-refractivity contribution < 1.29 is 18.1 Å². The highest BCUT2D eigenvalue weighted by Gasteiger charge is 2.30. The molecule has 31 heavy (non-hydrogen) atoms. The molecule has 0 saturated heterocycles. The fraction of sp³-hybridized carbons (Fsp3) is 0.381. The second-order valence-corrected chi connectivity index (χ2v) is 9.74. The van der Waals surface area contributed by atoms with Gasteiger partial charge in [-0.1, -0.05) is 55.5 Å². The molecule has 1 N–H and O–H groups in total. The number of nitrogens with zero attached hydrogens (tertiary/aromatic N) is 2. The van der Waals surface area contributed by atoms with Gasteiger partial charge < -0.3 is 5.32 Å². The van der Waals surface area contributed by atoms with Crippen molar-refractivity contribution in [1.29, 1.82) is 0 Å². The lowest BCUT2D eigenvalue weighted by atomic mass is 10.1. The van der Waals surface area contributed by atoms with Crippen LogP contribution in [-0.2, 0) is 14.8 Å². The Kier molecular flexibility index (Phi) is 7.50. The number of para-hydroxylation sites is 1. The molecule has 1 aliphatic carbocycles. The van der Waals surface area contributed by atoms with Crippen LogP contribution >= 0.6 is 11.6 Å². The van der Waals surface area contributed by atoms with Gasteiger partial charge in [-0.3, -0.25) is 19.2 Å². The van der Waals surface area contributed by atoms with Gasteiger partial charge in [0.15, 0.2) is 0 Å². The molecule has 0 atom stereocenters. The molecule has 0 aromatic heterocycles. The standard InChI is InChI=1S/C21H24ClN3O5S/c22-19-13-12-18(14-20(19)25(27)28)31(29,30)24(17-10-6-3-7-11-17)15-21(26)23-16-8-4-1-2-5-9-16/h3,6-7,10-14,16H,1-2,4-5,8-9,15H2,(H,23,26). The summed E-state index contributed by atoms with van der Waals surface area (Å²) in [4.78, 5) is 22.9. The van der Waals surface area contributed by atoms with Gasteiger partial charge in [0, 0.05) is 12.1 Å². The van der Waals surface area contributed by atoms with Crippen molar-refractivity contribution in [2.24, 2.45) is 0 Å². The van der Waals surface area contributed by atoms with E-state index in [2.05, 4.69) is 5.32 Å². The predicted octanol–water partition coefficient (Wildman–Crippen LogP) is 4.28. The summed E-state index contributed by atoms with van der Waals surface area (Å²) < 4.78 is 27.7. The largest absolute Gasteiger partial charge is 0.352 e. The summed E-state index contributed by atoms with van der Waals surface area (Å²) in [6, 6.07) is 11.5. The first-order chi connectivity index (χ1) is 14.8. The number of rotatable bonds is 7. The van der Waals surface area contributed by atoms with Crippen molar-refractivity contribution in [3.8, 4) is 0 Å². The average molecular weight is 466 g/mol. The molecule has 3 rings (SSSR count). The topological polar surface area (TPSA) is 110 Å². The monoisotopic (exact) mass is 465 g/mol. The number of carbonyl (C=O) groups is 1. The Balaban J connectivity index is 1.91. The molecule has 0 spiro atoms. The first kappa shape index (κ1) is 23.0. The Labute approximate surface area is 186 Å². The molecule has 2 aromatic rings. The molecule has 0 bridgehead atoms. The Morgan fingerprint density at radius 3 is 2.35 bits per heavy atom. The first-order valence-corrected chi connectivity index (χ1v) is 11.9. The number of nitrogens with one attached hydrogen (secondary N) is 1. The van der Waals surface area contributed by atoms with Crippen LogP contribution in [0.4, 0.5) is 11.4 Å². The summed E-state index contributed by atoms with van der Waals surface area (Å²) in [5.74, 6) is -0.414. The number of nitro benzene ring substituents is 1. The molecule has 166 valence electrons. The lowest BCUT2D eigenvalue weighted by Crippen LogP contribution is -2.44. The van der Waals surface area contributed by atoms with Gasteiger partial charge in [-0.25, -0.2) is 8.42 Å². The highest BCUT2D eigenvalue weighted by Crippen LogP contribution is 2.30. The first-order valence-electron chi connectivity index (χ1n) is 10.1. The molecule has 0 radical (unpaired) electrons. The van der Waals surface area contributed by atoms with Crippen molar-refractivity contribution in [3.63, 3.8) is 0 Å². The fourth-order valence-electron chi connectivity index (χ4n) is 3.66. The number of nitro groups is 1. The van der Waals surface area contributed by atoms with E-state index in [9.17, 15) is 23.3 Å². The number of benzene rings is 2. The van der Waals surface area contributed by atoms with E-state index in [1.165, 1.54) is 12.1 Å². The van der Waals surface area contributed by atoms with Crippen LogP contribution < -0.4 is 9.62 Å². The highest BCUT2D eigenvalue weighted by molar-refractivity contribution is 7.92. The van der Waals surface area contributed by atoms with E-state index in [4.69, 9.17) is 11.6 Å². The maximum atomic E-state index is 13.4. The van der Waals surface area contributed by atoms with Crippen LogP contribution in [0.15, 0.2) is 53.4 Å². The molecular weight excluding hydrogens is 442 g/mol. The summed E-state index contributed by atoms with van der Waals surface area (Å²) in [5.41, 5.74) is -0.227. The molecular formula is C21H24ClN3O5S. The van der Waals surface area contributed by atoms with E-state index in [1.807, 2.05) is 0 Å². The third-order valence-electron chi connectivity index (χ3n) is 5.25. The summed E-state index contributed by atoms with van der Waals surface area (Å²) in [6.45, 7) is -0.431. The molecule has 0 heterocycles. The van der Waals surface area contributed by atoms with E-state index in [1.54, 1.807) is 30.3 Å². The normalized spacial score (nSPS) is 15.1. The minimum Gasteiger partial charge on any atom is -0.352 e. The molecule has 1 aliphatic rings. The molecule has 1 amide bonds. The number of amides is 1. The Morgan fingerprint density at radius 2 is 1.74 bits per heavy atom. The molecule has 1 fully saturated rings. The van der Waals surface area contributed by atoms with Crippen LogP contribution in [-0.4, -0.2) is 31.8 Å². The number of anilines is 1. The van der Waals surface area contributed by atoms with Crippen molar-refractivity contribution >= 4 is 38.9 Å². The smallest absolute Gasteiger partial charge is 0.289 e. The second-order valence-electron chi connectivity index (χ2n) is 7.47. The number of halogens is 1. The summed E-state index contributed by atoms with van der Waals surface area (Å²) in [6.07, 6.45) is 6.05. The van der Waals surface area contributed by atoms with Gasteiger partial charge in [0.05, 0.1) is 15.5 Å².